The zero-order valence-electron chi connectivity index (χ0n) is 11.6. The van der Waals surface area contributed by atoms with Crippen LogP contribution in [0, 0.1) is 11.8 Å². The smallest absolute Gasteiger partial charge is 0.222 e. The molecule has 19 heavy (non-hydrogen) atoms. The summed E-state index contributed by atoms with van der Waals surface area (Å²) in [6, 6.07) is 0.609. The molecular formula is C14H21N3OS. The first kappa shape index (κ1) is 13.1. The fourth-order valence-electron chi connectivity index (χ4n) is 3.52. The van der Waals surface area contributed by atoms with Gasteiger partial charge in [-0.2, -0.15) is 0 Å². The van der Waals surface area contributed by atoms with Crippen molar-refractivity contribution in [3.8, 4) is 0 Å². The third-order valence-corrected chi connectivity index (χ3v) is 5.44. The first-order chi connectivity index (χ1) is 9.13. The molecule has 0 bridgehead atoms. The first-order valence-electron chi connectivity index (χ1n) is 6.96. The topological polar surface area (TPSA) is 36.4 Å². The number of aromatic nitrogens is 1. The van der Waals surface area contributed by atoms with Crippen LogP contribution in [0.1, 0.15) is 24.3 Å². The molecule has 0 N–H and O–H groups in total. The number of carbonyl (C=O) groups excluding carboxylic acids is 1. The second-order valence-corrected chi connectivity index (χ2v) is 6.94. The number of fused-ring (bicyclic) bond motifs is 1. The largest absolute Gasteiger partial charge is 0.345 e. The maximum Gasteiger partial charge on any atom is 0.222 e. The molecule has 2 heterocycles. The Morgan fingerprint density at radius 2 is 2.26 bits per heavy atom. The van der Waals surface area contributed by atoms with Gasteiger partial charge in [0.25, 0.3) is 0 Å². The summed E-state index contributed by atoms with van der Waals surface area (Å²) in [5, 5.41) is 3.22. The van der Waals surface area contributed by atoms with Gasteiger partial charge in [0.1, 0.15) is 5.01 Å². The van der Waals surface area contributed by atoms with Crippen molar-refractivity contribution >= 4 is 17.2 Å². The standard InChI is InChI=1S/C14H21N3OS/c1-16(9-13-15-3-4-19-13)12-5-10-7-14(18)17(2)8-11(10)6-12/h3-4,10-12H,5-9H2,1-2H3/t10-,11+,12-/m0/s1. The van der Waals surface area contributed by atoms with Gasteiger partial charge in [-0.1, -0.05) is 0 Å². The van der Waals surface area contributed by atoms with E-state index in [1.807, 2.05) is 23.5 Å². The summed E-state index contributed by atoms with van der Waals surface area (Å²) in [6.07, 6.45) is 5.02. The van der Waals surface area contributed by atoms with Crippen LogP contribution in [0.3, 0.4) is 0 Å². The molecular weight excluding hydrogens is 258 g/mol. The lowest BCUT2D eigenvalue weighted by Crippen LogP contribution is -2.39. The molecule has 2 aliphatic rings. The second-order valence-electron chi connectivity index (χ2n) is 5.96. The van der Waals surface area contributed by atoms with E-state index in [2.05, 4.69) is 16.9 Å². The van der Waals surface area contributed by atoms with Crippen LogP contribution in [0.5, 0.6) is 0 Å². The van der Waals surface area contributed by atoms with Crippen molar-refractivity contribution in [2.24, 2.45) is 11.8 Å². The number of hydrogen-bond acceptors (Lipinski definition) is 4. The third kappa shape index (κ3) is 2.67. The van der Waals surface area contributed by atoms with E-state index in [4.69, 9.17) is 0 Å². The summed E-state index contributed by atoms with van der Waals surface area (Å²) in [4.78, 5) is 20.5. The average Bonchev–Trinajstić information content (AvgIpc) is 2.99. The number of piperidine rings is 1. The summed E-state index contributed by atoms with van der Waals surface area (Å²) in [6.45, 7) is 1.89. The number of carbonyl (C=O) groups is 1. The zero-order chi connectivity index (χ0) is 13.4. The third-order valence-electron chi connectivity index (χ3n) is 4.68. The molecule has 1 aromatic rings. The lowest BCUT2D eigenvalue weighted by molar-refractivity contribution is -0.134. The Bertz CT molecular complexity index is 448. The van der Waals surface area contributed by atoms with Crippen LogP contribution in [0.4, 0.5) is 0 Å². The van der Waals surface area contributed by atoms with Crippen LogP contribution in [-0.4, -0.2) is 47.4 Å². The lowest BCUT2D eigenvalue weighted by atomic mass is 9.88. The molecule has 0 unspecified atom stereocenters. The maximum absolute atomic E-state index is 11.8. The minimum absolute atomic E-state index is 0.324. The first-order valence-corrected chi connectivity index (χ1v) is 7.84. The summed E-state index contributed by atoms with van der Waals surface area (Å²) in [5.41, 5.74) is 0. The zero-order valence-corrected chi connectivity index (χ0v) is 12.4. The van der Waals surface area contributed by atoms with Crippen molar-refractivity contribution in [1.82, 2.24) is 14.8 Å². The fourth-order valence-corrected chi connectivity index (χ4v) is 4.20. The Morgan fingerprint density at radius 1 is 1.47 bits per heavy atom. The number of rotatable bonds is 3. The number of thiazole rings is 1. The Hall–Kier alpha value is -0.940. The van der Waals surface area contributed by atoms with Gasteiger partial charge < -0.3 is 4.90 Å². The van der Waals surface area contributed by atoms with Gasteiger partial charge in [0.2, 0.25) is 5.91 Å². The molecule has 104 valence electrons. The summed E-state index contributed by atoms with van der Waals surface area (Å²) >= 11 is 1.72. The van der Waals surface area contributed by atoms with Crippen LogP contribution >= 0.6 is 11.3 Å². The fraction of sp³-hybridized carbons (Fsp3) is 0.714. The van der Waals surface area contributed by atoms with E-state index in [1.54, 1.807) is 11.3 Å². The van der Waals surface area contributed by atoms with Gasteiger partial charge in [0, 0.05) is 37.6 Å². The molecule has 1 aliphatic heterocycles. The van der Waals surface area contributed by atoms with E-state index in [-0.39, 0.29) is 0 Å². The lowest BCUT2D eigenvalue weighted by Gasteiger charge is -2.31. The van der Waals surface area contributed by atoms with E-state index >= 15 is 0 Å². The Labute approximate surface area is 118 Å². The molecule has 0 radical (unpaired) electrons. The van der Waals surface area contributed by atoms with Gasteiger partial charge >= 0.3 is 0 Å². The van der Waals surface area contributed by atoms with Gasteiger partial charge in [-0.3, -0.25) is 9.69 Å². The van der Waals surface area contributed by atoms with Crippen molar-refractivity contribution in [1.29, 1.82) is 0 Å². The van der Waals surface area contributed by atoms with Crippen molar-refractivity contribution in [2.75, 3.05) is 20.6 Å². The molecule has 1 saturated heterocycles. The van der Waals surface area contributed by atoms with Crippen LogP contribution in [0.15, 0.2) is 11.6 Å². The van der Waals surface area contributed by atoms with E-state index in [9.17, 15) is 4.79 Å². The van der Waals surface area contributed by atoms with Gasteiger partial charge in [0.15, 0.2) is 0 Å². The number of hydrogen-bond donors (Lipinski definition) is 0. The summed E-state index contributed by atoms with van der Waals surface area (Å²) in [5.74, 6) is 1.63. The Balaban J connectivity index is 1.60. The highest BCUT2D eigenvalue weighted by Crippen LogP contribution is 2.40. The molecule has 2 fully saturated rings. The minimum atomic E-state index is 0.324. The van der Waals surface area contributed by atoms with Crippen molar-refractivity contribution in [3.05, 3.63) is 16.6 Å². The van der Waals surface area contributed by atoms with E-state index in [0.29, 0.717) is 23.8 Å². The molecule has 5 heteroatoms. The predicted molar refractivity (Wildman–Crippen MR) is 75.8 cm³/mol. The molecule has 1 aliphatic carbocycles. The van der Waals surface area contributed by atoms with Crippen LogP contribution in [0.2, 0.25) is 0 Å². The van der Waals surface area contributed by atoms with Crippen LogP contribution in [-0.2, 0) is 11.3 Å². The molecule has 4 nitrogen and oxygen atoms in total. The monoisotopic (exact) mass is 279 g/mol. The Kier molecular flexibility index (Phi) is 3.58. The van der Waals surface area contributed by atoms with Crippen molar-refractivity contribution in [2.45, 2.75) is 31.8 Å². The van der Waals surface area contributed by atoms with Gasteiger partial charge in [-0.15, -0.1) is 11.3 Å². The molecule has 3 atom stereocenters. The van der Waals surface area contributed by atoms with Crippen molar-refractivity contribution < 1.29 is 4.79 Å². The van der Waals surface area contributed by atoms with Crippen LogP contribution < -0.4 is 0 Å². The molecule has 3 rings (SSSR count). The number of likely N-dealkylation sites (tertiary alicyclic amines) is 1. The van der Waals surface area contributed by atoms with Crippen LogP contribution in [0.25, 0.3) is 0 Å². The average molecular weight is 279 g/mol. The molecule has 0 aromatic carbocycles. The summed E-state index contributed by atoms with van der Waals surface area (Å²) in [7, 11) is 4.13. The van der Waals surface area contributed by atoms with Crippen molar-refractivity contribution in [3.63, 3.8) is 0 Å². The highest BCUT2D eigenvalue weighted by Gasteiger charge is 2.41. The number of amides is 1. The predicted octanol–water partition coefficient (Wildman–Crippen LogP) is 1.83. The molecule has 1 amide bonds. The SMILES string of the molecule is CN1C[C@H]2C[C@@H](N(C)Cc3nccs3)C[C@H]2CC1=O. The Morgan fingerprint density at radius 3 is 3.00 bits per heavy atom. The quantitative estimate of drug-likeness (QED) is 0.847. The second kappa shape index (κ2) is 5.21. The van der Waals surface area contributed by atoms with E-state index < -0.39 is 0 Å². The van der Waals surface area contributed by atoms with Gasteiger partial charge in [0.05, 0.1) is 6.54 Å². The van der Waals surface area contributed by atoms with E-state index in [1.165, 1.54) is 17.8 Å². The molecule has 1 aromatic heterocycles. The molecule has 0 spiro atoms. The van der Waals surface area contributed by atoms with Gasteiger partial charge in [-0.25, -0.2) is 4.98 Å². The maximum atomic E-state index is 11.8. The molecule has 1 saturated carbocycles. The minimum Gasteiger partial charge on any atom is -0.345 e. The highest BCUT2D eigenvalue weighted by atomic mass is 32.1. The van der Waals surface area contributed by atoms with E-state index in [0.717, 1.165) is 19.5 Å². The number of nitrogens with zero attached hydrogens (tertiary/aromatic N) is 3. The summed E-state index contributed by atoms with van der Waals surface area (Å²) < 4.78 is 0. The van der Waals surface area contributed by atoms with Gasteiger partial charge in [-0.05, 0) is 31.7 Å². The normalized spacial score (nSPS) is 31.0. The highest BCUT2D eigenvalue weighted by molar-refractivity contribution is 7.09.